The van der Waals surface area contributed by atoms with E-state index in [1.165, 1.54) is 0 Å². The fourth-order valence-electron chi connectivity index (χ4n) is 0.447. The Hall–Kier alpha value is 0.490. The van der Waals surface area contributed by atoms with Crippen LogP contribution in [0.4, 0.5) is 0 Å². The van der Waals surface area contributed by atoms with Gasteiger partial charge in [-0.2, -0.15) is 0 Å². The minimum absolute atomic E-state index is 0.0473. The first-order valence-corrected chi connectivity index (χ1v) is 5.32. The van der Waals surface area contributed by atoms with Gasteiger partial charge in [-0.25, -0.2) is 0 Å². The van der Waals surface area contributed by atoms with Gasteiger partial charge in [0, 0.05) is 0 Å². The van der Waals surface area contributed by atoms with Crippen molar-refractivity contribution < 1.29 is 19.1 Å². The van der Waals surface area contributed by atoms with E-state index in [-0.39, 0.29) is 6.41 Å². The Bertz CT molecular complexity index is 210. The maximum Gasteiger partial charge on any atom is 0.352 e. The van der Waals surface area contributed by atoms with Crippen LogP contribution in [0.2, 0.25) is 0 Å². The van der Waals surface area contributed by atoms with Gasteiger partial charge in [-0.05, 0) is 0 Å². The second-order valence-electron chi connectivity index (χ2n) is 1.82. The van der Waals surface area contributed by atoms with Gasteiger partial charge in [0.05, 0.1) is 0 Å². The number of halogens is 3. The number of carbonyl (C=O) groups excluding carboxylic acids is 1. The Kier molecular flexibility index (Phi) is 4.30. The van der Waals surface area contributed by atoms with E-state index < -0.39 is 17.2 Å². The first-order valence-electron chi connectivity index (χ1n) is 2.51. The standard InChI is InChI=1S/C3H5Cl3NO4P/c4-3(5,6)2(7-1-8)12(9,10)11/h1-2H,(H,7,8)(H2,9,10,11). The molecule has 5 nitrogen and oxygen atoms in total. The Morgan fingerprint density at radius 3 is 1.92 bits per heavy atom. The molecule has 0 radical (unpaired) electrons. The number of hydrogen-bond acceptors (Lipinski definition) is 2. The number of nitrogens with one attached hydrogen (secondary N) is 1. The molecule has 0 saturated heterocycles. The molecule has 0 aliphatic rings. The lowest BCUT2D eigenvalue weighted by atomic mass is 10.7. The van der Waals surface area contributed by atoms with Crippen LogP contribution in [0, 0.1) is 0 Å². The fraction of sp³-hybridized carbons (Fsp3) is 0.667. The monoisotopic (exact) mass is 255 g/mol. The molecule has 72 valence electrons. The van der Waals surface area contributed by atoms with Gasteiger partial charge in [-0.3, -0.25) is 9.36 Å². The summed E-state index contributed by atoms with van der Waals surface area (Å²) >= 11 is 15.5. The van der Waals surface area contributed by atoms with Gasteiger partial charge < -0.3 is 15.1 Å². The third kappa shape index (κ3) is 3.94. The Morgan fingerprint density at radius 1 is 1.42 bits per heavy atom. The first-order chi connectivity index (χ1) is 5.19. The highest BCUT2D eigenvalue weighted by Crippen LogP contribution is 2.50. The van der Waals surface area contributed by atoms with E-state index in [2.05, 4.69) is 0 Å². The second-order valence-corrected chi connectivity index (χ2v) is 5.88. The second kappa shape index (κ2) is 4.13. The molecule has 0 saturated carbocycles. The average molecular weight is 256 g/mol. The van der Waals surface area contributed by atoms with Crippen molar-refractivity contribution in [3.05, 3.63) is 0 Å². The van der Waals surface area contributed by atoms with Crippen molar-refractivity contribution in [3.63, 3.8) is 0 Å². The molecule has 0 aliphatic heterocycles. The zero-order valence-corrected chi connectivity index (χ0v) is 8.61. The van der Waals surface area contributed by atoms with Crippen molar-refractivity contribution in [2.45, 2.75) is 9.58 Å². The highest BCUT2D eigenvalue weighted by molar-refractivity contribution is 7.53. The summed E-state index contributed by atoms with van der Waals surface area (Å²) in [5, 5.41) is 1.72. The van der Waals surface area contributed by atoms with Gasteiger partial charge >= 0.3 is 7.60 Å². The molecule has 1 unspecified atom stereocenters. The highest BCUT2D eigenvalue weighted by Gasteiger charge is 2.44. The Balaban J connectivity index is 4.68. The summed E-state index contributed by atoms with van der Waals surface area (Å²) in [5.74, 6) is -1.83. The predicted molar refractivity (Wildman–Crippen MR) is 45.3 cm³/mol. The lowest BCUT2D eigenvalue weighted by Gasteiger charge is -2.23. The van der Waals surface area contributed by atoms with E-state index in [0.29, 0.717) is 0 Å². The molecule has 1 atom stereocenters. The molecular formula is C3H5Cl3NO4P. The van der Waals surface area contributed by atoms with Crippen LogP contribution in [0.25, 0.3) is 0 Å². The molecule has 0 aromatic rings. The minimum Gasteiger partial charge on any atom is -0.341 e. The van der Waals surface area contributed by atoms with Gasteiger partial charge in [-0.15, -0.1) is 0 Å². The zero-order valence-electron chi connectivity index (χ0n) is 5.45. The van der Waals surface area contributed by atoms with Gasteiger partial charge in [0.15, 0.2) is 5.78 Å². The molecule has 9 heteroatoms. The van der Waals surface area contributed by atoms with E-state index >= 15 is 0 Å². The molecular weight excluding hydrogens is 251 g/mol. The molecule has 1 amide bonds. The first kappa shape index (κ1) is 12.5. The fourth-order valence-corrected chi connectivity index (χ4v) is 2.42. The van der Waals surface area contributed by atoms with Crippen molar-refractivity contribution in [3.8, 4) is 0 Å². The summed E-state index contributed by atoms with van der Waals surface area (Å²) in [6.45, 7) is 0. The number of rotatable bonds is 3. The normalized spacial score (nSPS) is 15.4. The molecule has 0 heterocycles. The molecule has 0 aromatic carbocycles. The van der Waals surface area contributed by atoms with Crippen molar-refractivity contribution in [1.29, 1.82) is 0 Å². The average Bonchev–Trinajstić information content (AvgIpc) is 1.77. The van der Waals surface area contributed by atoms with Crippen LogP contribution in [-0.4, -0.2) is 25.8 Å². The van der Waals surface area contributed by atoms with Crippen LogP contribution in [-0.2, 0) is 9.36 Å². The third-order valence-electron chi connectivity index (χ3n) is 0.872. The van der Waals surface area contributed by atoms with Crippen molar-refractivity contribution in [2.75, 3.05) is 0 Å². The van der Waals surface area contributed by atoms with Gasteiger partial charge in [0.1, 0.15) is 0 Å². The molecule has 0 rings (SSSR count). The molecule has 0 bridgehead atoms. The largest absolute Gasteiger partial charge is 0.352 e. The Labute approximate surface area is 83.1 Å². The molecule has 0 aromatic heterocycles. The lowest BCUT2D eigenvalue weighted by Crippen LogP contribution is -2.39. The molecule has 3 N–H and O–H groups in total. The maximum absolute atomic E-state index is 10.6. The smallest absolute Gasteiger partial charge is 0.341 e. The number of carbonyl (C=O) groups is 1. The van der Waals surface area contributed by atoms with Gasteiger partial charge in [0.2, 0.25) is 10.2 Å². The van der Waals surface area contributed by atoms with Crippen LogP contribution in [0.1, 0.15) is 0 Å². The van der Waals surface area contributed by atoms with Crippen LogP contribution < -0.4 is 5.32 Å². The van der Waals surface area contributed by atoms with Crippen molar-refractivity contribution >= 4 is 48.8 Å². The van der Waals surface area contributed by atoms with E-state index in [1.807, 2.05) is 0 Å². The van der Waals surface area contributed by atoms with Crippen LogP contribution in [0.15, 0.2) is 0 Å². The van der Waals surface area contributed by atoms with Crippen LogP contribution >= 0.6 is 42.4 Å². The Morgan fingerprint density at radius 2 is 1.83 bits per heavy atom. The quantitative estimate of drug-likeness (QED) is 0.392. The lowest BCUT2D eigenvalue weighted by molar-refractivity contribution is -0.109. The number of alkyl halides is 3. The van der Waals surface area contributed by atoms with Crippen LogP contribution in [0.5, 0.6) is 0 Å². The molecule has 0 spiro atoms. The molecule has 12 heavy (non-hydrogen) atoms. The summed E-state index contributed by atoms with van der Waals surface area (Å²) in [7, 11) is -4.65. The van der Waals surface area contributed by atoms with E-state index in [9.17, 15) is 9.36 Å². The minimum atomic E-state index is -4.65. The SMILES string of the molecule is O=CNC(C(Cl)(Cl)Cl)P(=O)(O)O. The van der Waals surface area contributed by atoms with Crippen LogP contribution in [0.3, 0.4) is 0 Å². The number of hydrogen-bond donors (Lipinski definition) is 3. The van der Waals surface area contributed by atoms with Gasteiger partial charge in [-0.1, -0.05) is 34.8 Å². The topological polar surface area (TPSA) is 86.6 Å². The summed E-state index contributed by atoms with van der Waals surface area (Å²) < 4.78 is 8.35. The predicted octanol–water partition coefficient (Wildman–Crippen LogP) is 0.606. The van der Waals surface area contributed by atoms with E-state index in [4.69, 9.17) is 44.6 Å². The summed E-state index contributed by atoms with van der Waals surface area (Å²) in [6, 6.07) is 0. The molecule has 0 fully saturated rings. The summed E-state index contributed by atoms with van der Waals surface area (Å²) in [6.07, 6.45) is 0.0473. The van der Waals surface area contributed by atoms with Crippen molar-refractivity contribution in [1.82, 2.24) is 5.32 Å². The van der Waals surface area contributed by atoms with E-state index in [0.717, 1.165) is 0 Å². The summed E-state index contributed by atoms with van der Waals surface area (Å²) in [4.78, 5) is 27.0. The molecule has 0 aliphatic carbocycles. The highest BCUT2D eigenvalue weighted by atomic mass is 35.6. The number of amides is 1. The van der Waals surface area contributed by atoms with Crippen molar-refractivity contribution in [2.24, 2.45) is 0 Å². The summed E-state index contributed by atoms with van der Waals surface area (Å²) in [5.41, 5.74) is 0. The maximum atomic E-state index is 10.6. The van der Waals surface area contributed by atoms with E-state index in [1.54, 1.807) is 5.32 Å². The zero-order chi connectivity index (χ0) is 9.99. The third-order valence-corrected chi connectivity index (χ3v) is 3.19. The van der Waals surface area contributed by atoms with Gasteiger partial charge in [0.25, 0.3) is 0 Å².